The lowest BCUT2D eigenvalue weighted by molar-refractivity contribution is -0.0941. The molecule has 1 aromatic carbocycles. The zero-order chi connectivity index (χ0) is 25.9. The third-order valence-electron chi connectivity index (χ3n) is 6.06. The molecule has 1 fully saturated rings. The minimum atomic E-state index is -3.96. The lowest BCUT2D eigenvalue weighted by atomic mass is 10.0. The van der Waals surface area contributed by atoms with Crippen molar-refractivity contribution in [3.63, 3.8) is 0 Å². The SMILES string of the molecule is COc1cccc(OC)c1-n1c(NS(=O)(=O)[C@@H](C)[C@H](C)c2ccc(Cl)cn2)nnc1C1COCCO1. The molecular formula is C23H28ClN5O6S. The van der Waals surface area contributed by atoms with Crippen molar-refractivity contribution >= 4 is 27.6 Å². The van der Waals surface area contributed by atoms with Gasteiger partial charge in [-0.1, -0.05) is 24.6 Å². The molecule has 0 radical (unpaired) electrons. The Kier molecular flexibility index (Phi) is 7.98. The number of nitrogens with zero attached hydrogens (tertiary/aromatic N) is 4. The summed E-state index contributed by atoms with van der Waals surface area (Å²) < 4.78 is 53.7. The highest BCUT2D eigenvalue weighted by Crippen LogP contribution is 2.37. The summed E-state index contributed by atoms with van der Waals surface area (Å²) >= 11 is 5.93. The van der Waals surface area contributed by atoms with Crippen molar-refractivity contribution in [3.05, 3.63) is 53.1 Å². The first-order chi connectivity index (χ1) is 17.3. The van der Waals surface area contributed by atoms with Gasteiger partial charge in [0.1, 0.15) is 23.3 Å². The molecule has 3 atom stereocenters. The highest BCUT2D eigenvalue weighted by molar-refractivity contribution is 7.93. The normalized spacial score (nSPS) is 17.9. The fourth-order valence-electron chi connectivity index (χ4n) is 3.87. The Morgan fingerprint density at radius 3 is 2.42 bits per heavy atom. The van der Waals surface area contributed by atoms with E-state index in [0.717, 1.165) is 0 Å². The maximum absolute atomic E-state index is 13.5. The Morgan fingerprint density at radius 2 is 1.83 bits per heavy atom. The van der Waals surface area contributed by atoms with Gasteiger partial charge in [0.25, 0.3) is 0 Å². The third kappa shape index (κ3) is 5.26. The molecule has 194 valence electrons. The quantitative estimate of drug-likeness (QED) is 0.437. The first kappa shape index (κ1) is 26.1. The fraction of sp³-hybridized carbons (Fsp3) is 0.435. The Morgan fingerprint density at radius 1 is 1.11 bits per heavy atom. The Labute approximate surface area is 214 Å². The minimum Gasteiger partial charge on any atom is -0.494 e. The van der Waals surface area contributed by atoms with E-state index in [1.165, 1.54) is 25.0 Å². The summed E-state index contributed by atoms with van der Waals surface area (Å²) in [5.74, 6) is 0.727. The number of hydrogen-bond donors (Lipinski definition) is 1. The van der Waals surface area contributed by atoms with Crippen LogP contribution < -0.4 is 14.2 Å². The smallest absolute Gasteiger partial charge is 0.243 e. The van der Waals surface area contributed by atoms with Crippen LogP contribution in [0.2, 0.25) is 5.02 Å². The lowest BCUT2D eigenvalue weighted by Crippen LogP contribution is -2.31. The average Bonchev–Trinajstić information content (AvgIpc) is 3.30. The van der Waals surface area contributed by atoms with Crippen LogP contribution in [0.15, 0.2) is 36.5 Å². The van der Waals surface area contributed by atoms with Crippen LogP contribution in [-0.4, -0.2) is 67.5 Å². The van der Waals surface area contributed by atoms with Crippen molar-refractivity contribution in [2.45, 2.75) is 31.1 Å². The molecule has 1 aliphatic heterocycles. The summed E-state index contributed by atoms with van der Waals surface area (Å²) in [6.45, 7) is 4.44. The molecule has 0 amide bonds. The number of sulfonamides is 1. The van der Waals surface area contributed by atoms with Crippen LogP contribution in [0, 0.1) is 0 Å². The van der Waals surface area contributed by atoms with Gasteiger partial charge in [0.05, 0.1) is 44.3 Å². The zero-order valence-corrected chi connectivity index (χ0v) is 21.9. The highest BCUT2D eigenvalue weighted by atomic mass is 35.5. The van der Waals surface area contributed by atoms with Crippen molar-refractivity contribution in [3.8, 4) is 17.2 Å². The van der Waals surface area contributed by atoms with Gasteiger partial charge >= 0.3 is 0 Å². The molecule has 36 heavy (non-hydrogen) atoms. The largest absolute Gasteiger partial charge is 0.494 e. The number of benzene rings is 1. The maximum atomic E-state index is 13.5. The summed E-state index contributed by atoms with van der Waals surface area (Å²) in [5, 5.41) is 8.04. The van der Waals surface area contributed by atoms with Crippen molar-refractivity contribution < 1.29 is 27.4 Å². The molecule has 1 saturated heterocycles. The van der Waals surface area contributed by atoms with E-state index < -0.39 is 27.3 Å². The molecule has 3 heterocycles. The highest BCUT2D eigenvalue weighted by Gasteiger charge is 2.33. The molecule has 4 rings (SSSR count). The molecule has 1 aliphatic rings. The van der Waals surface area contributed by atoms with Crippen LogP contribution in [-0.2, 0) is 19.5 Å². The van der Waals surface area contributed by atoms with Gasteiger partial charge in [-0.2, -0.15) is 0 Å². The van der Waals surface area contributed by atoms with Crippen LogP contribution in [0.25, 0.3) is 5.69 Å². The molecule has 2 aromatic heterocycles. The van der Waals surface area contributed by atoms with Crippen molar-refractivity contribution in [1.29, 1.82) is 0 Å². The second-order valence-corrected chi connectivity index (χ2v) is 10.7. The molecule has 13 heteroatoms. The van der Waals surface area contributed by atoms with E-state index in [1.54, 1.807) is 44.2 Å². The predicted octanol–water partition coefficient (Wildman–Crippen LogP) is 3.35. The van der Waals surface area contributed by atoms with Gasteiger partial charge in [0, 0.05) is 17.8 Å². The number of nitrogens with one attached hydrogen (secondary N) is 1. The standard InChI is InChI=1S/C23H28ClN5O6S/c1-14(17-9-8-16(24)12-25-17)15(2)36(30,31)28-23-27-26-22(20-13-34-10-11-35-20)29(23)21-18(32-3)6-5-7-19(21)33-4/h5-9,12,14-15,20H,10-11,13H2,1-4H3,(H,27,28)/t14-,15-,20?/m0/s1. The zero-order valence-electron chi connectivity index (χ0n) is 20.3. The number of methoxy groups -OCH3 is 2. The van der Waals surface area contributed by atoms with Crippen molar-refractivity contribution in [2.75, 3.05) is 38.8 Å². The fourth-order valence-corrected chi connectivity index (χ4v) is 5.23. The number of para-hydroxylation sites is 1. The van der Waals surface area contributed by atoms with E-state index in [1.807, 2.05) is 0 Å². The summed E-state index contributed by atoms with van der Waals surface area (Å²) in [5.41, 5.74) is 1.02. The van der Waals surface area contributed by atoms with Crippen LogP contribution in [0.5, 0.6) is 11.5 Å². The van der Waals surface area contributed by atoms with E-state index in [4.69, 9.17) is 30.5 Å². The first-order valence-corrected chi connectivity index (χ1v) is 13.2. The number of rotatable bonds is 9. The van der Waals surface area contributed by atoms with E-state index in [0.29, 0.717) is 46.9 Å². The maximum Gasteiger partial charge on any atom is 0.243 e. The molecule has 0 saturated carbocycles. The minimum absolute atomic E-state index is 0.0370. The lowest BCUT2D eigenvalue weighted by Gasteiger charge is -2.25. The summed E-state index contributed by atoms with van der Waals surface area (Å²) in [7, 11) is -0.940. The van der Waals surface area contributed by atoms with Crippen LogP contribution in [0.4, 0.5) is 5.95 Å². The first-order valence-electron chi connectivity index (χ1n) is 11.3. The molecule has 1 N–H and O–H groups in total. The third-order valence-corrected chi connectivity index (χ3v) is 8.14. The number of pyridine rings is 1. The van der Waals surface area contributed by atoms with E-state index in [9.17, 15) is 8.42 Å². The summed E-state index contributed by atoms with van der Waals surface area (Å²) in [6.07, 6.45) is 0.914. The Hall–Kier alpha value is -2.93. The van der Waals surface area contributed by atoms with Gasteiger partial charge in [-0.25, -0.2) is 8.42 Å². The number of halogens is 1. The van der Waals surface area contributed by atoms with E-state index in [2.05, 4.69) is 19.9 Å². The van der Waals surface area contributed by atoms with Gasteiger partial charge in [0.2, 0.25) is 16.0 Å². The number of aromatic nitrogens is 4. The number of hydrogen-bond acceptors (Lipinski definition) is 9. The second-order valence-electron chi connectivity index (χ2n) is 8.20. The Bertz CT molecular complexity index is 1270. The summed E-state index contributed by atoms with van der Waals surface area (Å²) in [4.78, 5) is 4.27. The second kappa shape index (κ2) is 11.0. The van der Waals surface area contributed by atoms with Crippen LogP contribution in [0.1, 0.15) is 37.4 Å². The molecule has 0 spiro atoms. The molecular weight excluding hydrogens is 510 g/mol. The average molecular weight is 538 g/mol. The van der Waals surface area contributed by atoms with Gasteiger partial charge in [-0.3, -0.25) is 14.3 Å². The van der Waals surface area contributed by atoms with E-state index >= 15 is 0 Å². The van der Waals surface area contributed by atoms with Crippen molar-refractivity contribution in [1.82, 2.24) is 19.7 Å². The number of ether oxygens (including phenoxy) is 4. The molecule has 3 aromatic rings. The monoisotopic (exact) mass is 537 g/mol. The molecule has 11 nitrogen and oxygen atoms in total. The van der Waals surface area contributed by atoms with Gasteiger partial charge in [-0.05, 0) is 31.2 Å². The molecule has 0 aliphatic carbocycles. The Balaban J connectivity index is 1.77. The van der Waals surface area contributed by atoms with Crippen LogP contribution >= 0.6 is 11.6 Å². The van der Waals surface area contributed by atoms with E-state index in [-0.39, 0.29) is 12.6 Å². The summed E-state index contributed by atoms with van der Waals surface area (Å²) in [6, 6.07) is 8.61. The van der Waals surface area contributed by atoms with Gasteiger partial charge in [-0.15, -0.1) is 10.2 Å². The number of anilines is 1. The topological polar surface area (TPSA) is 127 Å². The van der Waals surface area contributed by atoms with Crippen molar-refractivity contribution in [2.24, 2.45) is 0 Å². The van der Waals surface area contributed by atoms with Crippen LogP contribution in [0.3, 0.4) is 0 Å². The van der Waals surface area contributed by atoms with Gasteiger partial charge < -0.3 is 18.9 Å². The predicted molar refractivity (Wildman–Crippen MR) is 134 cm³/mol. The molecule has 1 unspecified atom stereocenters. The molecule has 0 bridgehead atoms. The van der Waals surface area contributed by atoms with Gasteiger partial charge in [0.15, 0.2) is 5.82 Å².